The molecule has 7 heteroatoms. The first-order chi connectivity index (χ1) is 13.0. The van der Waals surface area contributed by atoms with E-state index in [1.165, 1.54) is 0 Å². The lowest BCUT2D eigenvalue weighted by atomic mass is 10.2. The van der Waals surface area contributed by atoms with E-state index in [0.717, 1.165) is 28.4 Å². The lowest BCUT2D eigenvalue weighted by Crippen LogP contribution is -2.24. The molecule has 4 aromatic rings. The van der Waals surface area contributed by atoms with Gasteiger partial charge in [0.2, 0.25) is 0 Å². The highest BCUT2D eigenvalue weighted by Gasteiger charge is 2.19. The Bertz CT molecular complexity index is 1110. The molecule has 0 saturated heterocycles. The van der Waals surface area contributed by atoms with Crippen LogP contribution < -0.4 is 5.32 Å². The number of furan rings is 1. The number of hydrogen-bond acceptors (Lipinski definition) is 5. The molecule has 0 radical (unpaired) electrons. The van der Waals surface area contributed by atoms with E-state index in [0.29, 0.717) is 23.4 Å². The normalized spacial score (nSPS) is 11.1. The van der Waals surface area contributed by atoms with Gasteiger partial charge in [-0.25, -0.2) is 9.50 Å². The third kappa shape index (κ3) is 3.19. The van der Waals surface area contributed by atoms with Crippen molar-refractivity contribution in [2.45, 2.75) is 27.3 Å². The summed E-state index contributed by atoms with van der Waals surface area (Å²) < 4.78 is 7.06. The van der Waals surface area contributed by atoms with E-state index in [1.807, 2.05) is 51.1 Å². The molecule has 4 rings (SSSR count). The molecule has 0 fully saturated rings. The Kier molecular flexibility index (Phi) is 4.19. The predicted molar refractivity (Wildman–Crippen MR) is 100 cm³/mol. The second kappa shape index (κ2) is 6.68. The van der Waals surface area contributed by atoms with Crippen molar-refractivity contribution in [3.8, 4) is 11.3 Å². The number of aromatic nitrogens is 4. The zero-order valence-electron chi connectivity index (χ0n) is 15.4. The van der Waals surface area contributed by atoms with Gasteiger partial charge >= 0.3 is 0 Å². The molecule has 4 heterocycles. The largest absolute Gasteiger partial charge is 0.464 e. The van der Waals surface area contributed by atoms with E-state index < -0.39 is 0 Å². The number of rotatable bonds is 4. The van der Waals surface area contributed by atoms with Gasteiger partial charge in [-0.3, -0.25) is 9.78 Å². The van der Waals surface area contributed by atoms with Crippen LogP contribution >= 0.6 is 0 Å². The van der Waals surface area contributed by atoms with Crippen molar-refractivity contribution in [2.75, 3.05) is 0 Å². The quantitative estimate of drug-likeness (QED) is 0.603. The maximum atomic E-state index is 12.7. The molecule has 136 valence electrons. The van der Waals surface area contributed by atoms with Crippen LogP contribution in [-0.2, 0) is 6.54 Å². The minimum absolute atomic E-state index is 0.211. The Labute approximate surface area is 156 Å². The van der Waals surface area contributed by atoms with Crippen LogP contribution in [0.5, 0.6) is 0 Å². The lowest BCUT2D eigenvalue weighted by Gasteiger charge is -2.06. The molecular weight excluding hydrogens is 342 g/mol. The van der Waals surface area contributed by atoms with Gasteiger partial charge in [-0.2, -0.15) is 5.10 Å². The summed E-state index contributed by atoms with van der Waals surface area (Å²) >= 11 is 0. The molecule has 7 nitrogen and oxygen atoms in total. The fourth-order valence-corrected chi connectivity index (χ4v) is 3.07. The summed E-state index contributed by atoms with van der Waals surface area (Å²) in [5.74, 6) is 0.550. The van der Waals surface area contributed by atoms with Crippen LogP contribution in [0.2, 0.25) is 0 Å². The van der Waals surface area contributed by atoms with Crippen LogP contribution in [0, 0.1) is 20.8 Å². The van der Waals surface area contributed by atoms with Crippen LogP contribution in [0.4, 0.5) is 0 Å². The number of amides is 1. The first-order valence-electron chi connectivity index (χ1n) is 8.63. The van der Waals surface area contributed by atoms with Crippen LogP contribution in [0.1, 0.15) is 33.1 Å². The first kappa shape index (κ1) is 17.0. The highest BCUT2D eigenvalue weighted by Crippen LogP contribution is 2.19. The van der Waals surface area contributed by atoms with Gasteiger partial charge in [-0.1, -0.05) is 0 Å². The smallest absolute Gasteiger partial charge is 0.257 e. The van der Waals surface area contributed by atoms with Crippen molar-refractivity contribution in [2.24, 2.45) is 0 Å². The molecule has 1 N–H and O–H groups in total. The highest BCUT2D eigenvalue weighted by molar-refractivity contribution is 6.01. The van der Waals surface area contributed by atoms with E-state index in [9.17, 15) is 4.79 Å². The Hall–Kier alpha value is -3.48. The summed E-state index contributed by atoms with van der Waals surface area (Å²) in [4.78, 5) is 21.6. The van der Waals surface area contributed by atoms with Crippen molar-refractivity contribution in [3.63, 3.8) is 0 Å². The zero-order valence-corrected chi connectivity index (χ0v) is 15.4. The zero-order chi connectivity index (χ0) is 19.0. The molecule has 0 spiro atoms. The molecule has 0 aliphatic rings. The minimum atomic E-state index is -0.211. The number of carbonyl (C=O) groups is 1. The molecule has 4 aromatic heterocycles. The molecule has 0 saturated carbocycles. The maximum Gasteiger partial charge on any atom is 0.257 e. The van der Waals surface area contributed by atoms with Gasteiger partial charge in [-0.15, -0.1) is 0 Å². The molecule has 0 aliphatic heterocycles. The number of hydrogen-bond donors (Lipinski definition) is 1. The van der Waals surface area contributed by atoms with Gasteiger partial charge in [0, 0.05) is 23.1 Å². The minimum Gasteiger partial charge on any atom is -0.464 e. The van der Waals surface area contributed by atoms with Crippen molar-refractivity contribution < 1.29 is 9.21 Å². The molecule has 1 amide bonds. The van der Waals surface area contributed by atoms with Gasteiger partial charge in [0.25, 0.3) is 5.91 Å². The lowest BCUT2D eigenvalue weighted by molar-refractivity contribution is 0.0951. The van der Waals surface area contributed by atoms with Gasteiger partial charge in [0.15, 0.2) is 5.65 Å². The van der Waals surface area contributed by atoms with E-state index in [2.05, 4.69) is 20.4 Å². The monoisotopic (exact) mass is 361 g/mol. The molecule has 0 aliphatic carbocycles. The molecule has 0 aromatic carbocycles. The Morgan fingerprint density at radius 3 is 2.78 bits per heavy atom. The van der Waals surface area contributed by atoms with Crippen molar-refractivity contribution in [3.05, 3.63) is 71.1 Å². The molecule has 0 atom stereocenters. The summed E-state index contributed by atoms with van der Waals surface area (Å²) in [5.41, 5.74) is 5.16. The van der Waals surface area contributed by atoms with Gasteiger partial charge < -0.3 is 9.73 Å². The average Bonchev–Trinajstić information content (AvgIpc) is 3.28. The third-order valence-electron chi connectivity index (χ3n) is 4.36. The van der Waals surface area contributed by atoms with Gasteiger partial charge in [0.1, 0.15) is 11.3 Å². The molecule has 0 bridgehead atoms. The summed E-state index contributed by atoms with van der Waals surface area (Å²) in [7, 11) is 0. The fraction of sp³-hybridized carbons (Fsp3) is 0.200. The van der Waals surface area contributed by atoms with Crippen LogP contribution in [0.3, 0.4) is 0 Å². The second-order valence-electron chi connectivity index (χ2n) is 6.43. The van der Waals surface area contributed by atoms with E-state index in [-0.39, 0.29) is 5.91 Å². The topological polar surface area (TPSA) is 85.3 Å². The Balaban J connectivity index is 1.53. The van der Waals surface area contributed by atoms with Gasteiger partial charge in [-0.05, 0) is 51.1 Å². The highest BCUT2D eigenvalue weighted by atomic mass is 16.3. The number of fused-ring (bicyclic) bond motifs is 1. The number of nitrogens with zero attached hydrogens (tertiary/aromatic N) is 4. The molecule has 27 heavy (non-hydrogen) atoms. The molecule has 0 unspecified atom stereocenters. The number of pyridine rings is 1. The Morgan fingerprint density at radius 2 is 2.07 bits per heavy atom. The summed E-state index contributed by atoms with van der Waals surface area (Å²) in [6, 6.07) is 9.43. The van der Waals surface area contributed by atoms with Crippen molar-refractivity contribution in [1.29, 1.82) is 0 Å². The second-order valence-corrected chi connectivity index (χ2v) is 6.43. The molecular formula is C20H19N5O2. The summed E-state index contributed by atoms with van der Waals surface area (Å²) in [5, 5.41) is 7.35. The average molecular weight is 361 g/mol. The van der Waals surface area contributed by atoms with Crippen molar-refractivity contribution in [1.82, 2.24) is 24.9 Å². The van der Waals surface area contributed by atoms with Crippen LogP contribution in [0.15, 0.2) is 47.2 Å². The SMILES string of the molecule is Cc1cc(C)n2nc(C)c(C(=O)NCc3ccc(-c4ccco4)cn3)c2n1. The first-order valence-corrected chi connectivity index (χ1v) is 8.63. The number of carbonyl (C=O) groups excluding carboxylic acids is 1. The standard InChI is InChI=1S/C20H19N5O2/c1-12-9-13(2)25-19(23-12)18(14(3)24-25)20(26)22-11-16-7-6-15(10-21-16)17-5-4-8-27-17/h4-10H,11H2,1-3H3,(H,22,26). The van der Waals surface area contributed by atoms with Crippen LogP contribution in [-0.4, -0.2) is 25.5 Å². The predicted octanol–water partition coefficient (Wildman–Crippen LogP) is 3.24. The fourth-order valence-electron chi connectivity index (χ4n) is 3.07. The Morgan fingerprint density at radius 1 is 1.22 bits per heavy atom. The third-order valence-corrected chi connectivity index (χ3v) is 4.36. The van der Waals surface area contributed by atoms with Crippen molar-refractivity contribution >= 4 is 11.6 Å². The van der Waals surface area contributed by atoms with Gasteiger partial charge in [0.05, 0.1) is 24.2 Å². The maximum absolute atomic E-state index is 12.7. The number of nitrogens with one attached hydrogen (secondary N) is 1. The van der Waals surface area contributed by atoms with E-state index in [1.54, 1.807) is 17.0 Å². The van der Waals surface area contributed by atoms with E-state index >= 15 is 0 Å². The van der Waals surface area contributed by atoms with Crippen LogP contribution in [0.25, 0.3) is 17.0 Å². The summed E-state index contributed by atoms with van der Waals surface area (Å²) in [6.07, 6.45) is 3.36. The summed E-state index contributed by atoms with van der Waals surface area (Å²) in [6.45, 7) is 5.98. The van der Waals surface area contributed by atoms with E-state index in [4.69, 9.17) is 4.42 Å². The number of aryl methyl sites for hydroxylation is 3.